The lowest BCUT2D eigenvalue weighted by atomic mass is 10.1. The summed E-state index contributed by atoms with van der Waals surface area (Å²) in [6.45, 7) is 3.66. The van der Waals surface area contributed by atoms with E-state index in [0.717, 1.165) is 11.1 Å². The van der Waals surface area contributed by atoms with Gasteiger partial charge in [-0.2, -0.15) is 5.10 Å². The lowest BCUT2D eigenvalue weighted by Gasteiger charge is -1.98. The molecule has 4 nitrogen and oxygen atoms in total. The number of carbonyl (C=O) groups excluding carboxylic acids is 1. The van der Waals surface area contributed by atoms with Crippen molar-refractivity contribution in [3.05, 3.63) is 65.1 Å². The van der Waals surface area contributed by atoms with Crippen LogP contribution in [0, 0.1) is 6.92 Å². The minimum Gasteiger partial charge on any atom is -0.469 e. The predicted octanol–water partition coefficient (Wildman–Crippen LogP) is 3.41. The van der Waals surface area contributed by atoms with Crippen molar-refractivity contribution in [1.29, 1.82) is 0 Å². The van der Waals surface area contributed by atoms with Gasteiger partial charge >= 0.3 is 0 Å². The fraction of sp³-hybridized carbons (Fsp3) is 0.125. The summed E-state index contributed by atoms with van der Waals surface area (Å²) in [5.41, 5.74) is 5.00. The summed E-state index contributed by atoms with van der Waals surface area (Å²) < 4.78 is 5.07. The first-order chi connectivity index (χ1) is 9.66. The van der Waals surface area contributed by atoms with E-state index in [2.05, 4.69) is 10.5 Å². The Morgan fingerprint density at radius 1 is 1.25 bits per heavy atom. The molecule has 2 rings (SSSR count). The van der Waals surface area contributed by atoms with E-state index in [-0.39, 0.29) is 5.91 Å². The van der Waals surface area contributed by atoms with Crippen LogP contribution in [-0.2, 0) is 0 Å². The Morgan fingerprint density at radius 3 is 2.65 bits per heavy atom. The molecule has 0 saturated carbocycles. The normalized spacial score (nSPS) is 11.8. The Bertz CT molecular complexity index is 640. The number of hydrazone groups is 1. The average molecular weight is 268 g/mol. The van der Waals surface area contributed by atoms with Crippen LogP contribution in [-0.4, -0.2) is 12.1 Å². The standard InChI is InChI=1S/C16H16N2O2/c1-12(10-14-6-4-3-5-7-14)11-17-18-16(19)15-8-9-20-13(15)2/h3-11H,1-2H3,(H,18,19)/b12-10+,17-11+. The molecule has 0 bridgehead atoms. The molecule has 1 heterocycles. The van der Waals surface area contributed by atoms with Gasteiger partial charge in [0.2, 0.25) is 0 Å². The van der Waals surface area contributed by atoms with E-state index in [4.69, 9.17) is 4.42 Å². The number of nitrogens with one attached hydrogen (secondary N) is 1. The van der Waals surface area contributed by atoms with Gasteiger partial charge in [-0.1, -0.05) is 36.4 Å². The molecular formula is C16H16N2O2. The Morgan fingerprint density at radius 2 is 2.00 bits per heavy atom. The third kappa shape index (κ3) is 3.68. The van der Waals surface area contributed by atoms with Crippen LogP contribution >= 0.6 is 0 Å². The van der Waals surface area contributed by atoms with Gasteiger partial charge in [0.15, 0.2) is 0 Å². The summed E-state index contributed by atoms with van der Waals surface area (Å²) in [5, 5.41) is 3.93. The van der Waals surface area contributed by atoms with Crippen molar-refractivity contribution in [2.75, 3.05) is 0 Å². The predicted molar refractivity (Wildman–Crippen MR) is 79.5 cm³/mol. The van der Waals surface area contributed by atoms with Crippen LogP contribution in [0.3, 0.4) is 0 Å². The van der Waals surface area contributed by atoms with Crippen LogP contribution < -0.4 is 5.43 Å². The van der Waals surface area contributed by atoms with Crippen molar-refractivity contribution in [3.63, 3.8) is 0 Å². The molecule has 1 N–H and O–H groups in total. The highest BCUT2D eigenvalue weighted by Crippen LogP contribution is 2.08. The second-order valence-corrected chi connectivity index (χ2v) is 4.39. The fourth-order valence-corrected chi connectivity index (χ4v) is 1.72. The van der Waals surface area contributed by atoms with Crippen LogP contribution in [0.1, 0.15) is 28.6 Å². The van der Waals surface area contributed by atoms with Crippen molar-refractivity contribution in [3.8, 4) is 0 Å². The third-order valence-electron chi connectivity index (χ3n) is 2.73. The van der Waals surface area contributed by atoms with Gasteiger partial charge in [-0.05, 0) is 31.1 Å². The molecule has 4 heteroatoms. The number of nitrogens with zero attached hydrogens (tertiary/aromatic N) is 1. The molecule has 102 valence electrons. The number of rotatable bonds is 4. The number of aryl methyl sites for hydroxylation is 1. The maximum atomic E-state index is 11.8. The third-order valence-corrected chi connectivity index (χ3v) is 2.73. The molecule has 1 aromatic heterocycles. The molecule has 1 amide bonds. The first-order valence-electron chi connectivity index (χ1n) is 6.27. The number of allylic oxidation sites excluding steroid dienone is 1. The summed E-state index contributed by atoms with van der Waals surface area (Å²) in [6, 6.07) is 11.5. The van der Waals surface area contributed by atoms with E-state index in [0.29, 0.717) is 11.3 Å². The molecule has 2 aromatic rings. The number of hydrogen-bond donors (Lipinski definition) is 1. The second-order valence-electron chi connectivity index (χ2n) is 4.39. The molecule has 20 heavy (non-hydrogen) atoms. The number of carbonyl (C=O) groups is 1. The van der Waals surface area contributed by atoms with Crippen LogP contribution in [0.4, 0.5) is 0 Å². The largest absolute Gasteiger partial charge is 0.469 e. The summed E-state index contributed by atoms with van der Waals surface area (Å²) in [6.07, 6.45) is 5.08. The van der Waals surface area contributed by atoms with Crippen LogP contribution in [0.2, 0.25) is 0 Å². The summed E-state index contributed by atoms with van der Waals surface area (Å²) >= 11 is 0. The van der Waals surface area contributed by atoms with Gasteiger partial charge in [0.1, 0.15) is 5.76 Å². The quantitative estimate of drug-likeness (QED) is 0.682. The van der Waals surface area contributed by atoms with Gasteiger partial charge in [0.25, 0.3) is 5.91 Å². The van der Waals surface area contributed by atoms with Crippen molar-refractivity contribution in [1.82, 2.24) is 5.43 Å². The van der Waals surface area contributed by atoms with E-state index in [9.17, 15) is 4.79 Å². The second kappa shape index (κ2) is 6.52. The molecule has 1 aromatic carbocycles. The Hall–Kier alpha value is -2.62. The zero-order chi connectivity index (χ0) is 14.4. The van der Waals surface area contributed by atoms with Crippen molar-refractivity contribution >= 4 is 18.2 Å². The van der Waals surface area contributed by atoms with Gasteiger partial charge < -0.3 is 4.42 Å². The minimum absolute atomic E-state index is 0.278. The van der Waals surface area contributed by atoms with Crippen LogP contribution in [0.25, 0.3) is 6.08 Å². The lowest BCUT2D eigenvalue weighted by molar-refractivity contribution is 0.0953. The molecule has 0 atom stereocenters. The highest BCUT2D eigenvalue weighted by molar-refractivity contribution is 5.95. The highest BCUT2D eigenvalue weighted by Gasteiger charge is 2.09. The van der Waals surface area contributed by atoms with E-state index >= 15 is 0 Å². The number of hydrogen-bond acceptors (Lipinski definition) is 3. The SMILES string of the molecule is CC(/C=N/NC(=O)c1ccoc1C)=C\c1ccccc1. The monoisotopic (exact) mass is 268 g/mol. The molecule has 0 radical (unpaired) electrons. The average Bonchev–Trinajstić information content (AvgIpc) is 2.86. The van der Waals surface area contributed by atoms with E-state index in [1.54, 1.807) is 19.2 Å². The smallest absolute Gasteiger partial charge is 0.274 e. The van der Waals surface area contributed by atoms with Crippen molar-refractivity contribution in [2.24, 2.45) is 5.10 Å². The van der Waals surface area contributed by atoms with Gasteiger partial charge in [0, 0.05) is 0 Å². The first kappa shape index (κ1) is 13.8. The van der Waals surface area contributed by atoms with Gasteiger partial charge in [-0.3, -0.25) is 4.79 Å². The molecule has 0 fully saturated rings. The Kier molecular flexibility index (Phi) is 4.50. The number of benzene rings is 1. The van der Waals surface area contributed by atoms with Crippen molar-refractivity contribution in [2.45, 2.75) is 13.8 Å². The number of amides is 1. The van der Waals surface area contributed by atoms with E-state index in [1.807, 2.05) is 43.3 Å². The molecular weight excluding hydrogens is 252 g/mol. The topological polar surface area (TPSA) is 54.6 Å². The van der Waals surface area contributed by atoms with Crippen molar-refractivity contribution < 1.29 is 9.21 Å². The zero-order valence-electron chi connectivity index (χ0n) is 11.5. The lowest BCUT2D eigenvalue weighted by Crippen LogP contribution is -2.17. The summed E-state index contributed by atoms with van der Waals surface area (Å²) in [4.78, 5) is 11.8. The summed E-state index contributed by atoms with van der Waals surface area (Å²) in [5.74, 6) is 0.300. The zero-order valence-corrected chi connectivity index (χ0v) is 11.5. The Balaban J connectivity index is 1.95. The molecule has 0 saturated heterocycles. The molecule has 0 aliphatic rings. The Labute approximate surface area is 117 Å². The van der Waals surface area contributed by atoms with Gasteiger partial charge in [0.05, 0.1) is 18.0 Å². The van der Waals surface area contributed by atoms with E-state index in [1.165, 1.54) is 6.26 Å². The maximum Gasteiger partial charge on any atom is 0.274 e. The van der Waals surface area contributed by atoms with Crippen LogP contribution in [0.5, 0.6) is 0 Å². The van der Waals surface area contributed by atoms with E-state index < -0.39 is 0 Å². The molecule has 0 spiro atoms. The summed E-state index contributed by atoms with van der Waals surface area (Å²) in [7, 11) is 0. The van der Waals surface area contributed by atoms with Gasteiger partial charge in [-0.15, -0.1) is 0 Å². The maximum absolute atomic E-state index is 11.8. The number of furan rings is 1. The minimum atomic E-state index is -0.278. The van der Waals surface area contributed by atoms with Crippen LogP contribution in [0.15, 0.2) is 57.8 Å². The molecule has 0 aliphatic heterocycles. The van der Waals surface area contributed by atoms with Gasteiger partial charge in [-0.25, -0.2) is 5.43 Å². The molecule has 0 aliphatic carbocycles. The fourth-order valence-electron chi connectivity index (χ4n) is 1.72. The first-order valence-corrected chi connectivity index (χ1v) is 6.27. The highest BCUT2D eigenvalue weighted by atomic mass is 16.3. The molecule has 0 unspecified atom stereocenters.